The Labute approximate surface area is 137 Å². The van der Waals surface area contributed by atoms with E-state index in [0.29, 0.717) is 30.7 Å². The number of carbonyl (C=O) groups is 1. The lowest BCUT2D eigenvalue weighted by atomic mass is 9.90. The molecule has 23 heavy (non-hydrogen) atoms. The second kappa shape index (κ2) is 8.29. The van der Waals surface area contributed by atoms with Gasteiger partial charge in [0.2, 0.25) is 0 Å². The molecule has 1 aromatic rings. The summed E-state index contributed by atoms with van der Waals surface area (Å²) < 4.78 is 11.5. The Morgan fingerprint density at radius 3 is 2.83 bits per heavy atom. The Balaban J connectivity index is 1.57. The molecule has 1 aliphatic carbocycles. The van der Waals surface area contributed by atoms with Crippen molar-refractivity contribution in [1.82, 2.24) is 4.98 Å². The van der Waals surface area contributed by atoms with Crippen molar-refractivity contribution in [2.75, 3.05) is 18.5 Å². The highest BCUT2D eigenvalue weighted by Gasteiger charge is 2.23. The van der Waals surface area contributed by atoms with Crippen molar-refractivity contribution < 1.29 is 14.3 Å². The molecular weight excluding hydrogens is 292 g/mol. The number of ether oxygens (including phenoxy) is 2. The fraction of sp³-hybridized carbons (Fsp3) is 0.667. The fourth-order valence-electron chi connectivity index (χ4n) is 3.31. The molecule has 5 nitrogen and oxygen atoms in total. The van der Waals surface area contributed by atoms with Gasteiger partial charge < -0.3 is 14.8 Å². The van der Waals surface area contributed by atoms with Gasteiger partial charge in [0.15, 0.2) is 11.6 Å². The van der Waals surface area contributed by atoms with Crippen molar-refractivity contribution >= 4 is 11.7 Å². The molecule has 1 saturated carbocycles. The molecule has 0 radical (unpaired) electrons. The molecule has 1 unspecified atom stereocenters. The zero-order valence-corrected chi connectivity index (χ0v) is 13.6. The molecular formula is C18H26N2O3. The molecule has 1 aliphatic heterocycles. The van der Waals surface area contributed by atoms with Gasteiger partial charge in [0, 0.05) is 12.8 Å². The lowest BCUT2D eigenvalue weighted by molar-refractivity contribution is -0.130. The Bertz CT molecular complexity index is 509. The predicted octanol–water partition coefficient (Wildman–Crippen LogP) is 3.55. The minimum Gasteiger partial charge on any atom is -0.489 e. The topological polar surface area (TPSA) is 60.5 Å². The van der Waals surface area contributed by atoms with E-state index in [4.69, 9.17) is 9.47 Å². The first-order chi connectivity index (χ1) is 11.3. The van der Waals surface area contributed by atoms with E-state index < -0.39 is 0 Å². The highest BCUT2D eigenvalue weighted by atomic mass is 16.5. The van der Waals surface area contributed by atoms with Crippen LogP contribution < -0.4 is 10.1 Å². The average Bonchev–Trinajstić information content (AvgIpc) is 2.62. The summed E-state index contributed by atoms with van der Waals surface area (Å²) in [6, 6.07) is 3.70. The highest BCUT2D eigenvalue weighted by Crippen LogP contribution is 2.27. The van der Waals surface area contributed by atoms with E-state index in [0.717, 1.165) is 19.3 Å². The number of hydrogen-bond acceptors (Lipinski definition) is 4. The number of carbonyl (C=O) groups excluding carboxylic acids is 1. The molecule has 1 amide bonds. The van der Waals surface area contributed by atoms with E-state index in [-0.39, 0.29) is 12.0 Å². The Morgan fingerprint density at radius 2 is 2.04 bits per heavy atom. The van der Waals surface area contributed by atoms with Gasteiger partial charge in [-0.3, -0.25) is 4.79 Å². The van der Waals surface area contributed by atoms with Crippen molar-refractivity contribution in [2.45, 2.75) is 57.5 Å². The molecule has 2 heterocycles. The summed E-state index contributed by atoms with van der Waals surface area (Å²) in [6.07, 6.45) is 10.5. The van der Waals surface area contributed by atoms with Gasteiger partial charge in [0.1, 0.15) is 6.10 Å². The predicted molar refractivity (Wildman–Crippen MR) is 88.5 cm³/mol. The number of amides is 1. The van der Waals surface area contributed by atoms with Crippen LogP contribution in [-0.4, -0.2) is 30.2 Å². The van der Waals surface area contributed by atoms with E-state index in [2.05, 4.69) is 10.3 Å². The lowest BCUT2D eigenvalue weighted by Crippen LogP contribution is -2.33. The number of pyridine rings is 1. The maximum absolute atomic E-state index is 12.3. The standard InChI is InChI=1S/C18H26N2O3/c21-18(16-9-4-5-12-22-16)20-17-15(10-6-11-19-17)23-13-14-7-2-1-3-8-14/h6,10-11,14,16H,1-5,7-9,12-13H2,(H,19,20,21). The maximum Gasteiger partial charge on any atom is 0.254 e. The second-order valence-electron chi connectivity index (χ2n) is 6.51. The van der Waals surface area contributed by atoms with Gasteiger partial charge in [-0.15, -0.1) is 0 Å². The highest BCUT2D eigenvalue weighted by molar-refractivity contribution is 5.94. The first kappa shape index (κ1) is 16.2. The van der Waals surface area contributed by atoms with Crippen molar-refractivity contribution in [3.63, 3.8) is 0 Å². The zero-order chi connectivity index (χ0) is 15.9. The maximum atomic E-state index is 12.3. The van der Waals surface area contributed by atoms with Crippen LogP contribution in [0, 0.1) is 5.92 Å². The molecule has 1 N–H and O–H groups in total. The minimum atomic E-state index is -0.364. The first-order valence-corrected chi connectivity index (χ1v) is 8.83. The van der Waals surface area contributed by atoms with Gasteiger partial charge in [-0.25, -0.2) is 4.98 Å². The number of anilines is 1. The normalized spacial score (nSPS) is 22.5. The molecule has 2 fully saturated rings. The van der Waals surface area contributed by atoms with Crippen molar-refractivity contribution in [2.24, 2.45) is 5.92 Å². The first-order valence-electron chi connectivity index (χ1n) is 8.83. The van der Waals surface area contributed by atoms with Gasteiger partial charge >= 0.3 is 0 Å². The fourth-order valence-corrected chi connectivity index (χ4v) is 3.31. The van der Waals surface area contributed by atoms with E-state index in [1.54, 1.807) is 6.20 Å². The van der Waals surface area contributed by atoms with Gasteiger partial charge in [0.05, 0.1) is 6.61 Å². The number of aromatic nitrogens is 1. The minimum absolute atomic E-state index is 0.120. The van der Waals surface area contributed by atoms with Crippen LogP contribution in [0.1, 0.15) is 51.4 Å². The molecule has 1 saturated heterocycles. The second-order valence-corrected chi connectivity index (χ2v) is 6.51. The Kier molecular flexibility index (Phi) is 5.86. The molecule has 1 atom stereocenters. The lowest BCUT2D eigenvalue weighted by Gasteiger charge is -2.23. The van der Waals surface area contributed by atoms with E-state index in [1.165, 1.54) is 32.1 Å². The molecule has 3 rings (SSSR count). The van der Waals surface area contributed by atoms with Gasteiger partial charge in [-0.2, -0.15) is 0 Å². The van der Waals surface area contributed by atoms with E-state index in [9.17, 15) is 4.79 Å². The van der Waals surface area contributed by atoms with Crippen LogP contribution in [0.25, 0.3) is 0 Å². The molecule has 5 heteroatoms. The number of hydrogen-bond donors (Lipinski definition) is 1. The van der Waals surface area contributed by atoms with Crippen LogP contribution in [-0.2, 0) is 9.53 Å². The third-order valence-electron chi connectivity index (χ3n) is 4.68. The summed E-state index contributed by atoms with van der Waals surface area (Å²) in [5.74, 6) is 1.66. The number of rotatable bonds is 5. The summed E-state index contributed by atoms with van der Waals surface area (Å²) in [7, 11) is 0. The van der Waals surface area contributed by atoms with Gasteiger partial charge in [0.25, 0.3) is 5.91 Å². The van der Waals surface area contributed by atoms with Crippen LogP contribution >= 0.6 is 0 Å². The smallest absolute Gasteiger partial charge is 0.254 e. The Morgan fingerprint density at radius 1 is 1.22 bits per heavy atom. The van der Waals surface area contributed by atoms with Crippen LogP contribution in [0.3, 0.4) is 0 Å². The summed E-state index contributed by atoms with van der Waals surface area (Å²) >= 11 is 0. The quantitative estimate of drug-likeness (QED) is 0.902. The third kappa shape index (κ3) is 4.67. The van der Waals surface area contributed by atoms with Crippen molar-refractivity contribution in [1.29, 1.82) is 0 Å². The number of nitrogens with one attached hydrogen (secondary N) is 1. The third-order valence-corrected chi connectivity index (χ3v) is 4.68. The monoisotopic (exact) mass is 318 g/mol. The van der Waals surface area contributed by atoms with E-state index >= 15 is 0 Å². The molecule has 2 aliphatic rings. The average molecular weight is 318 g/mol. The van der Waals surface area contributed by atoms with Crippen molar-refractivity contribution in [3.05, 3.63) is 18.3 Å². The summed E-state index contributed by atoms with van der Waals surface area (Å²) in [5.41, 5.74) is 0. The van der Waals surface area contributed by atoms with Gasteiger partial charge in [-0.05, 0) is 50.2 Å². The summed E-state index contributed by atoms with van der Waals surface area (Å²) in [4.78, 5) is 16.6. The van der Waals surface area contributed by atoms with Gasteiger partial charge in [-0.1, -0.05) is 19.3 Å². The largest absolute Gasteiger partial charge is 0.489 e. The molecule has 0 spiro atoms. The molecule has 0 bridgehead atoms. The zero-order valence-electron chi connectivity index (χ0n) is 13.6. The molecule has 0 aromatic carbocycles. The van der Waals surface area contributed by atoms with Crippen LogP contribution in [0.15, 0.2) is 18.3 Å². The van der Waals surface area contributed by atoms with Crippen molar-refractivity contribution in [3.8, 4) is 5.75 Å². The molecule has 1 aromatic heterocycles. The number of nitrogens with zero attached hydrogens (tertiary/aromatic N) is 1. The molecule has 126 valence electrons. The summed E-state index contributed by atoms with van der Waals surface area (Å²) in [5, 5.41) is 2.87. The Hall–Kier alpha value is -1.62. The van der Waals surface area contributed by atoms with E-state index in [1.807, 2.05) is 12.1 Å². The summed E-state index contributed by atoms with van der Waals surface area (Å²) in [6.45, 7) is 1.36. The van der Waals surface area contributed by atoms with Crippen LogP contribution in [0.5, 0.6) is 5.75 Å². The SMILES string of the molecule is O=C(Nc1ncccc1OCC1CCCCC1)C1CCCCO1. The van der Waals surface area contributed by atoms with Crippen LogP contribution in [0.2, 0.25) is 0 Å². The van der Waals surface area contributed by atoms with Crippen LogP contribution in [0.4, 0.5) is 5.82 Å².